The van der Waals surface area contributed by atoms with Crippen molar-refractivity contribution >= 4 is 5.97 Å². The SMILES string of the molecule is CCNC(COc1ccc(C(C)(C)C)cc1)C(=O)OCC. The topological polar surface area (TPSA) is 47.6 Å². The third kappa shape index (κ3) is 5.76. The van der Waals surface area contributed by atoms with Crippen LogP contribution in [0.1, 0.15) is 40.2 Å². The summed E-state index contributed by atoms with van der Waals surface area (Å²) in [5.74, 6) is 0.487. The highest BCUT2D eigenvalue weighted by atomic mass is 16.5. The molecule has 1 aromatic carbocycles. The van der Waals surface area contributed by atoms with Crippen molar-refractivity contribution in [2.45, 2.75) is 46.1 Å². The number of rotatable bonds is 7. The van der Waals surface area contributed by atoms with Gasteiger partial charge in [0.1, 0.15) is 18.4 Å². The second-order valence-corrected chi connectivity index (χ2v) is 5.95. The number of carbonyl (C=O) groups is 1. The van der Waals surface area contributed by atoms with Gasteiger partial charge < -0.3 is 14.8 Å². The number of ether oxygens (including phenoxy) is 2. The fraction of sp³-hybridized carbons (Fsp3) is 0.588. The van der Waals surface area contributed by atoms with Gasteiger partial charge in [-0.3, -0.25) is 4.79 Å². The van der Waals surface area contributed by atoms with E-state index in [1.165, 1.54) is 5.56 Å². The Morgan fingerprint density at radius 3 is 2.29 bits per heavy atom. The van der Waals surface area contributed by atoms with E-state index in [4.69, 9.17) is 9.47 Å². The summed E-state index contributed by atoms with van der Waals surface area (Å²) in [6.45, 7) is 11.6. The van der Waals surface area contributed by atoms with Crippen LogP contribution in [0.3, 0.4) is 0 Å². The Balaban J connectivity index is 2.61. The molecule has 4 heteroatoms. The van der Waals surface area contributed by atoms with Gasteiger partial charge in [-0.25, -0.2) is 0 Å². The highest BCUT2D eigenvalue weighted by Crippen LogP contribution is 2.24. The minimum atomic E-state index is -0.433. The van der Waals surface area contributed by atoms with Crippen LogP contribution < -0.4 is 10.1 Å². The molecule has 0 spiro atoms. The summed E-state index contributed by atoms with van der Waals surface area (Å²) >= 11 is 0. The number of carbonyl (C=O) groups excluding carboxylic acids is 1. The highest BCUT2D eigenvalue weighted by molar-refractivity contribution is 5.76. The minimum Gasteiger partial charge on any atom is -0.491 e. The van der Waals surface area contributed by atoms with Crippen LogP contribution in [0.2, 0.25) is 0 Å². The van der Waals surface area contributed by atoms with Gasteiger partial charge in [-0.15, -0.1) is 0 Å². The molecule has 1 unspecified atom stereocenters. The van der Waals surface area contributed by atoms with E-state index in [-0.39, 0.29) is 18.0 Å². The van der Waals surface area contributed by atoms with E-state index in [1.807, 2.05) is 19.1 Å². The van der Waals surface area contributed by atoms with Gasteiger partial charge in [0.25, 0.3) is 0 Å². The second-order valence-electron chi connectivity index (χ2n) is 5.95. The molecule has 1 atom stereocenters. The second kappa shape index (κ2) is 8.03. The molecule has 0 fully saturated rings. The quantitative estimate of drug-likeness (QED) is 0.785. The average Bonchev–Trinajstić information content (AvgIpc) is 2.43. The molecule has 0 saturated carbocycles. The normalized spacial score (nSPS) is 12.8. The van der Waals surface area contributed by atoms with E-state index in [1.54, 1.807) is 6.92 Å². The van der Waals surface area contributed by atoms with Crippen molar-refractivity contribution < 1.29 is 14.3 Å². The number of esters is 1. The maximum Gasteiger partial charge on any atom is 0.326 e. The Bertz CT molecular complexity index is 434. The highest BCUT2D eigenvalue weighted by Gasteiger charge is 2.19. The van der Waals surface area contributed by atoms with E-state index >= 15 is 0 Å². The number of benzene rings is 1. The summed E-state index contributed by atoms with van der Waals surface area (Å²) in [6, 6.07) is 7.56. The number of likely N-dealkylation sites (N-methyl/N-ethyl adjacent to an activating group) is 1. The van der Waals surface area contributed by atoms with E-state index in [0.29, 0.717) is 13.2 Å². The Kier molecular flexibility index (Phi) is 6.69. The van der Waals surface area contributed by atoms with Gasteiger partial charge in [-0.1, -0.05) is 39.8 Å². The van der Waals surface area contributed by atoms with Crippen molar-refractivity contribution in [2.75, 3.05) is 19.8 Å². The fourth-order valence-corrected chi connectivity index (χ4v) is 1.93. The fourth-order valence-electron chi connectivity index (χ4n) is 1.93. The van der Waals surface area contributed by atoms with Crippen LogP contribution in [0.15, 0.2) is 24.3 Å². The van der Waals surface area contributed by atoms with Gasteiger partial charge in [0.15, 0.2) is 0 Å². The van der Waals surface area contributed by atoms with Crippen molar-refractivity contribution in [3.63, 3.8) is 0 Å². The first-order chi connectivity index (χ1) is 9.88. The van der Waals surface area contributed by atoms with E-state index < -0.39 is 6.04 Å². The molecule has 1 rings (SSSR count). The molecule has 21 heavy (non-hydrogen) atoms. The smallest absolute Gasteiger partial charge is 0.326 e. The van der Waals surface area contributed by atoms with Gasteiger partial charge >= 0.3 is 5.97 Å². The van der Waals surface area contributed by atoms with Gasteiger partial charge in [-0.2, -0.15) is 0 Å². The molecule has 0 aliphatic carbocycles. The summed E-state index contributed by atoms with van der Waals surface area (Å²) < 4.78 is 10.7. The van der Waals surface area contributed by atoms with E-state index in [9.17, 15) is 4.79 Å². The molecular formula is C17H27NO3. The lowest BCUT2D eigenvalue weighted by atomic mass is 9.87. The summed E-state index contributed by atoms with van der Waals surface area (Å²) in [5.41, 5.74) is 1.37. The lowest BCUT2D eigenvalue weighted by Gasteiger charge is -2.20. The lowest BCUT2D eigenvalue weighted by Crippen LogP contribution is -2.42. The molecule has 0 radical (unpaired) electrons. The molecule has 0 aromatic heterocycles. The van der Waals surface area contributed by atoms with E-state index in [0.717, 1.165) is 5.75 Å². The molecule has 0 bridgehead atoms. The Morgan fingerprint density at radius 2 is 1.81 bits per heavy atom. The zero-order valence-electron chi connectivity index (χ0n) is 13.7. The van der Waals surface area contributed by atoms with Crippen molar-refractivity contribution in [1.29, 1.82) is 0 Å². The maximum absolute atomic E-state index is 11.8. The number of hydrogen-bond acceptors (Lipinski definition) is 4. The Morgan fingerprint density at radius 1 is 1.19 bits per heavy atom. The van der Waals surface area contributed by atoms with Crippen LogP contribution in [0.4, 0.5) is 0 Å². The lowest BCUT2D eigenvalue weighted by molar-refractivity contribution is -0.146. The first kappa shape index (κ1) is 17.5. The van der Waals surface area contributed by atoms with E-state index in [2.05, 4.69) is 38.2 Å². The summed E-state index contributed by atoms with van der Waals surface area (Å²) in [7, 11) is 0. The largest absolute Gasteiger partial charge is 0.491 e. The molecule has 0 aliphatic heterocycles. The molecule has 0 amide bonds. The maximum atomic E-state index is 11.8. The van der Waals surface area contributed by atoms with Crippen LogP contribution in [-0.2, 0) is 14.9 Å². The Hall–Kier alpha value is -1.55. The van der Waals surface area contributed by atoms with Crippen molar-refractivity contribution in [3.05, 3.63) is 29.8 Å². The van der Waals surface area contributed by atoms with Gasteiger partial charge in [0.05, 0.1) is 6.61 Å². The standard InChI is InChI=1S/C17H27NO3/c1-6-18-15(16(19)20-7-2)12-21-14-10-8-13(9-11-14)17(3,4)5/h8-11,15,18H,6-7,12H2,1-5H3. The van der Waals surface area contributed by atoms with Crippen molar-refractivity contribution in [1.82, 2.24) is 5.32 Å². The first-order valence-corrected chi connectivity index (χ1v) is 7.51. The zero-order chi connectivity index (χ0) is 15.9. The average molecular weight is 293 g/mol. The Labute approximate surface area is 127 Å². The van der Waals surface area contributed by atoms with Crippen LogP contribution in [-0.4, -0.2) is 31.8 Å². The molecule has 0 saturated heterocycles. The minimum absolute atomic E-state index is 0.121. The molecule has 1 N–H and O–H groups in total. The third-order valence-corrected chi connectivity index (χ3v) is 3.16. The molecule has 1 aromatic rings. The molecular weight excluding hydrogens is 266 g/mol. The van der Waals surface area contributed by atoms with Crippen molar-refractivity contribution in [2.24, 2.45) is 0 Å². The summed E-state index contributed by atoms with van der Waals surface area (Å²) in [5, 5.41) is 3.07. The van der Waals surface area contributed by atoms with Gasteiger partial charge in [0, 0.05) is 0 Å². The van der Waals surface area contributed by atoms with Crippen LogP contribution >= 0.6 is 0 Å². The monoisotopic (exact) mass is 293 g/mol. The first-order valence-electron chi connectivity index (χ1n) is 7.51. The summed E-state index contributed by atoms with van der Waals surface area (Å²) in [4.78, 5) is 11.8. The summed E-state index contributed by atoms with van der Waals surface area (Å²) in [6.07, 6.45) is 0. The van der Waals surface area contributed by atoms with Gasteiger partial charge in [0.2, 0.25) is 0 Å². The molecule has 4 nitrogen and oxygen atoms in total. The third-order valence-electron chi connectivity index (χ3n) is 3.16. The predicted octanol–water partition coefficient (Wildman–Crippen LogP) is 2.90. The van der Waals surface area contributed by atoms with Crippen LogP contribution in [0.5, 0.6) is 5.75 Å². The molecule has 0 heterocycles. The number of hydrogen-bond donors (Lipinski definition) is 1. The zero-order valence-corrected chi connectivity index (χ0v) is 13.7. The molecule has 0 aliphatic rings. The van der Waals surface area contributed by atoms with Crippen LogP contribution in [0, 0.1) is 0 Å². The van der Waals surface area contributed by atoms with Crippen molar-refractivity contribution in [3.8, 4) is 5.75 Å². The van der Waals surface area contributed by atoms with Crippen LogP contribution in [0.25, 0.3) is 0 Å². The molecule has 118 valence electrons. The van der Waals surface area contributed by atoms with Gasteiger partial charge in [-0.05, 0) is 36.6 Å². The number of nitrogens with one attached hydrogen (secondary N) is 1. The predicted molar refractivity (Wildman–Crippen MR) is 84.7 cm³/mol.